The molecule has 1 saturated heterocycles. The van der Waals surface area contributed by atoms with Gasteiger partial charge in [0.05, 0.1) is 28.9 Å². The number of anilines is 1. The first-order chi connectivity index (χ1) is 18.4. The molecule has 0 spiro atoms. The molecule has 6 rings (SSSR count). The molecule has 0 bridgehead atoms. The van der Waals surface area contributed by atoms with E-state index >= 15 is 0 Å². The Morgan fingerprint density at radius 3 is 2.58 bits per heavy atom. The van der Waals surface area contributed by atoms with E-state index in [1.165, 1.54) is 7.11 Å². The summed E-state index contributed by atoms with van der Waals surface area (Å²) in [6.45, 7) is 1.42. The Bertz CT molecular complexity index is 1370. The first-order valence-electron chi connectivity index (χ1n) is 13.6. The zero-order chi connectivity index (χ0) is 26.4. The second-order valence-corrected chi connectivity index (χ2v) is 11.4. The van der Waals surface area contributed by atoms with Gasteiger partial charge in [0.1, 0.15) is 6.17 Å². The number of pyridine rings is 1. The number of halogens is 2. The van der Waals surface area contributed by atoms with Crippen LogP contribution in [0.5, 0.6) is 11.5 Å². The molecule has 2 heterocycles. The molecular weight excluding hydrogens is 505 g/mol. The van der Waals surface area contributed by atoms with Crippen LogP contribution >= 0.6 is 11.6 Å². The van der Waals surface area contributed by atoms with Crippen LogP contribution in [-0.4, -0.2) is 59.2 Å². The number of likely N-dealkylation sites (tertiary alicyclic amines) is 1. The molecule has 1 atom stereocenters. The maximum atomic E-state index is 13.8. The lowest BCUT2D eigenvalue weighted by Gasteiger charge is -2.35. The number of hydrogen-bond acceptors (Lipinski definition) is 6. The van der Waals surface area contributed by atoms with Crippen molar-refractivity contribution in [3.63, 3.8) is 0 Å². The van der Waals surface area contributed by atoms with Crippen molar-refractivity contribution in [1.29, 1.82) is 0 Å². The van der Waals surface area contributed by atoms with Crippen LogP contribution in [0.1, 0.15) is 55.3 Å². The van der Waals surface area contributed by atoms with E-state index in [0.717, 1.165) is 72.8 Å². The zero-order valence-corrected chi connectivity index (χ0v) is 22.3. The number of rotatable bonds is 7. The first-order valence-corrected chi connectivity index (χ1v) is 14.0. The summed E-state index contributed by atoms with van der Waals surface area (Å²) in [4.78, 5) is 20.3. The van der Waals surface area contributed by atoms with Crippen molar-refractivity contribution in [1.82, 2.24) is 9.88 Å². The summed E-state index contributed by atoms with van der Waals surface area (Å²) in [7, 11) is 1.49. The van der Waals surface area contributed by atoms with Gasteiger partial charge in [-0.05, 0) is 80.3 Å². The van der Waals surface area contributed by atoms with Crippen molar-refractivity contribution < 1.29 is 19.0 Å². The van der Waals surface area contributed by atoms with Gasteiger partial charge in [0, 0.05) is 42.7 Å². The van der Waals surface area contributed by atoms with Gasteiger partial charge < -0.3 is 15.2 Å². The topological polar surface area (TPSA) is 74.7 Å². The zero-order valence-electron chi connectivity index (χ0n) is 21.6. The molecule has 0 amide bonds. The number of nitrogens with one attached hydrogen (secondary N) is 1. The van der Waals surface area contributed by atoms with Crippen molar-refractivity contribution in [2.45, 2.75) is 63.2 Å². The third-order valence-electron chi connectivity index (χ3n) is 8.39. The SMILES string of the molecule is COc1cc(-c2ccc3ncc(C(=O)C4CC4)c(NC4CCC(N5CCC(F)C5)CC4)c3c2)cc(Cl)c1O. The van der Waals surface area contributed by atoms with E-state index in [0.29, 0.717) is 30.3 Å². The van der Waals surface area contributed by atoms with Gasteiger partial charge in [0.2, 0.25) is 0 Å². The van der Waals surface area contributed by atoms with Gasteiger partial charge in [0.25, 0.3) is 0 Å². The fraction of sp³-hybridized carbons (Fsp3) is 0.467. The molecule has 3 aromatic rings. The van der Waals surface area contributed by atoms with E-state index in [1.807, 2.05) is 18.2 Å². The maximum absolute atomic E-state index is 13.8. The minimum atomic E-state index is -0.692. The van der Waals surface area contributed by atoms with Gasteiger partial charge in [-0.2, -0.15) is 0 Å². The molecule has 3 fully saturated rings. The van der Waals surface area contributed by atoms with E-state index in [-0.39, 0.29) is 28.5 Å². The number of methoxy groups -OCH3 is 1. The number of hydrogen-bond donors (Lipinski definition) is 2. The average molecular weight is 538 g/mol. The van der Waals surface area contributed by atoms with Crippen LogP contribution in [0.4, 0.5) is 10.1 Å². The molecule has 2 N–H and O–H groups in total. The fourth-order valence-corrected chi connectivity index (χ4v) is 6.25. The Morgan fingerprint density at radius 2 is 1.89 bits per heavy atom. The number of Topliss-reactive ketones (excluding diaryl/α,β-unsaturated/α-hetero) is 1. The molecular formula is C30H33ClFN3O3. The van der Waals surface area contributed by atoms with Crippen molar-refractivity contribution in [2.24, 2.45) is 5.92 Å². The van der Waals surface area contributed by atoms with Crippen LogP contribution in [0.25, 0.3) is 22.0 Å². The highest BCUT2D eigenvalue weighted by molar-refractivity contribution is 6.32. The molecule has 1 unspecified atom stereocenters. The van der Waals surface area contributed by atoms with Gasteiger partial charge >= 0.3 is 0 Å². The third kappa shape index (κ3) is 4.94. The molecule has 0 radical (unpaired) electrons. The second kappa shape index (κ2) is 10.3. The Balaban J connectivity index is 1.33. The molecule has 6 nitrogen and oxygen atoms in total. The number of carbonyl (C=O) groups is 1. The summed E-state index contributed by atoms with van der Waals surface area (Å²) in [6, 6.07) is 10.1. The molecule has 38 heavy (non-hydrogen) atoms. The largest absolute Gasteiger partial charge is 0.503 e. The van der Waals surface area contributed by atoms with Crippen molar-refractivity contribution in [3.05, 3.63) is 47.1 Å². The summed E-state index contributed by atoms with van der Waals surface area (Å²) < 4.78 is 19.1. The number of benzene rings is 2. The first kappa shape index (κ1) is 25.4. The fourth-order valence-electron chi connectivity index (χ4n) is 6.04. The average Bonchev–Trinajstić information content (AvgIpc) is 3.70. The number of phenols is 1. The minimum absolute atomic E-state index is 0.0812. The Kier molecular flexibility index (Phi) is 6.91. The number of carbonyl (C=O) groups excluding carboxylic acids is 1. The van der Waals surface area contributed by atoms with Crippen LogP contribution in [0, 0.1) is 5.92 Å². The molecule has 1 aromatic heterocycles. The van der Waals surface area contributed by atoms with Crippen LogP contribution in [0.3, 0.4) is 0 Å². The second-order valence-electron chi connectivity index (χ2n) is 11.0. The summed E-state index contributed by atoms with van der Waals surface area (Å²) in [5.74, 6) is 0.446. The number of ether oxygens (including phenoxy) is 1. The predicted octanol–water partition coefficient (Wildman–Crippen LogP) is 6.63. The number of phenolic OH excluding ortho intramolecular Hbond substituents is 1. The van der Waals surface area contributed by atoms with Gasteiger partial charge in [-0.1, -0.05) is 17.7 Å². The summed E-state index contributed by atoms with van der Waals surface area (Å²) >= 11 is 6.28. The summed E-state index contributed by atoms with van der Waals surface area (Å²) in [5, 5.41) is 15.0. The van der Waals surface area contributed by atoms with E-state index in [1.54, 1.807) is 18.3 Å². The van der Waals surface area contributed by atoms with Crippen LogP contribution in [-0.2, 0) is 0 Å². The number of alkyl halides is 1. The van der Waals surface area contributed by atoms with Crippen LogP contribution < -0.4 is 10.1 Å². The van der Waals surface area contributed by atoms with E-state index in [2.05, 4.69) is 15.2 Å². The highest BCUT2D eigenvalue weighted by Crippen LogP contribution is 2.41. The van der Waals surface area contributed by atoms with Gasteiger partial charge in [-0.15, -0.1) is 0 Å². The lowest BCUT2D eigenvalue weighted by molar-refractivity contribution is 0.0968. The lowest BCUT2D eigenvalue weighted by Crippen LogP contribution is -2.39. The molecule has 1 aliphatic heterocycles. The number of aromatic hydroxyl groups is 1. The van der Waals surface area contributed by atoms with E-state index in [9.17, 15) is 14.3 Å². The Hall–Kier alpha value is -2.90. The third-order valence-corrected chi connectivity index (χ3v) is 8.68. The van der Waals surface area contributed by atoms with Crippen molar-refractivity contribution >= 4 is 34.0 Å². The highest BCUT2D eigenvalue weighted by atomic mass is 35.5. The predicted molar refractivity (Wildman–Crippen MR) is 148 cm³/mol. The molecule has 2 saturated carbocycles. The summed E-state index contributed by atoms with van der Waals surface area (Å²) in [6.07, 6.45) is 7.54. The lowest BCUT2D eigenvalue weighted by atomic mass is 9.89. The van der Waals surface area contributed by atoms with E-state index in [4.69, 9.17) is 16.3 Å². The molecule has 2 aromatic carbocycles. The van der Waals surface area contributed by atoms with Crippen LogP contribution in [0.15, 0.2) is 36.5 Å². The molecule has 2 aliphatic carbocycles. The molecule has 3 aliphatic rings. The number of nitrogens with zero attached hydrogens (tertiary/aromatic N) is 2. The number of fused-ring (bicyclic) bond motifs is 1. The van der Waals surface area contributed by atoms with Gasteiger partial charge in [0.15, 0.2) is 17.3 Å². The maximum Gasteiger partial charge on any atom is 0.176 e. The highest BCUT2D eigenvalue weighted by Gasteiger charge is 2.34. The Morgan fingerprint density at radius 1 is 1.11 bits per heavy atom. The standard InChI is InChI=1S/C30H33ClFN3O3/c1-38-27-14-19(13-25(31)30(27)37)18-4-9-26-23(12-18)28(24(15-33-26)29(36)17-2-3-17)34-21-5-7-22(8-6-21)35-11-10-20(32)16-35/h4,9,12-15,17,20-22,37H,2-3,5-8,10-11,16H2,1H3,(H,33,34). The minimum Gasteiger partial charge on any atom is -0.503 e. The summed E-state index contributed by atoms with van der Waals surface area (Å²) in [5.41, 5.74) is 3.99. The molecule has 8 heteroatoms. The number of ketones is 1. The van der Waals surface area contributed by atoms with Gasteiger partial charge in [-0.25, -0.2) is 4.39 Å². The monoisotopic (exact) mass is 537 g/mol. The van der Waals surface area contributed by atoms with Crippen LogP contribution in [0.2, 0.25) is 5.02 Å². The van der Waals surface area contributed by atoms with Crippen molar-refractivity contribution in [3.8, 4) is 22.6 Å². The van der Waals surface area contributed by atoms with E-state index < -0.39 is 6.17 Å². The quantitative estimate of drug-likeness (QED) is 0.329. The normalized spacial score (nSPS) is 24.0. The smallest absolute Gasteiger partial charge is 0.176 e. The van der Waals surface area contributed by atoms with Crippen molar-refractivity contribution in [2.75, 3.05) is 25.5 Å². The Labute approximate surface area is 227 Å². The number of aromatic nitrogens is 1. The van der Waals surface area contributed by atoms with Gasteiger partial charge in [-0.3, -0.25) is 14.7 Å². The molecule has 200 valence electrons.